The van der Waals surface area contributed by atoms with Crippen molar-refractivity contribution in [2.45, 2.75) is 31.8 Å². The summed E-state index contributed by atoms with van der Waals surface area (Å²) in [4.78, 5) is 16.1. The van der Waals surface area contributed by atoms with Crippen LogP contribution in [-0.2, 0) is 4.79 Å². The number of aliphatic hydroxyl groups is 1. The minimum Gasteiger partial charge on any atom is -0.390 e. The van der Waals surface area contributed by atoms with Gasteiger partial charge in [0.1, 0.15) is 0 Å². The zero-order chi connectivity index (χ0) is 14.6. The number of rotatable bonds is 3. The fraction of sp³-hybridized carbons (Fsp3) is 0.562. The van der Waals surface area contributed by atoms with E-state index in [9.17, 15) is 9.90 Å². The van der Waals surface area contributed by atoms with Gasteiger partial charge >= 0.3 is 0 Å². The van der Waals surface area contributed by atoms with Gasteiger partial charge < -0.3 is 10.0 Å². The van der Waals surface area contributed by atoms with Gasteiger partial charge in [-0.25, -0.2) is 0 Å². The number of likely N-dealkylation sites (N-methyl/N-ethyl adjacent to an activating group) is 1. The molecule has 1 unspecified atom stereocenters. The minimum absolute atomic E-state index is 0.0951. The van der Waals surface area contributed by atoms with Gasteiger partial charge in [0.15, 0.2) is 0 Å². The zero-order valence-electron chi connectivity index (χ0n) is 12.4. The molecule has 20 heavy (non-hydrogen) atoms. The third kappa shape index (κ3) is 4.05. The molecule has 1 aromatic carbocycles. The van der Waals surface area contributed by atoms with Gasteiger partial charge in [0.05, 0.1) is 12.1 Å². The summed E-state index contributed by atoms with van der Waals surface area (Å²) in [5.74, 6) is 0.0951. The molecule has 110 valence electrons. The standard InChI is InChI=1S/C16H24N2O2/c1-16(20)9-6-11-18(12-10-16)13-15(19)17(2)14-7-4-3-5-8-14/h3-5,7-8,20H,6,9-13H2,1-2H3. The molecular formula is C16H24N2O2. The molecule has 4 nitrogen and oxygen atoms in total. The van der Waals surface area contributed by atoms with Gasteiger partial charge in [-0.1, -0.05) is 18.2 Å². The lowest BCUT2D eigenvalue weighted by Crippen LogP contribution is -2.39. The van der Waals surface area contributed by atoms with E-state index in [0.29, 0.717) is 6.54 Å². The molecule has 0 bridgehead atoms. The quantitative estimate of drug-likeness (QED) is 0.917. The molecule has 1 aliphatic rings. The number of para-hydroxylation sites is 1. The van der Waals surface area contributed by atoms with Crippen molar-refractivity contribution in [3.05, 3.63) is 30.3 Å². The van der Waals surface area contributed by atoms with Crippen LogP contribution in [0.15, 0.2) is 30.3 Å². The van der Waals surface area contributed by atoms with Gasteiger partial charge in [-0.05, 0) is 44.9 Å². The molecule has 1 fully saturated rings. The summed E-state index contributed by atoms with van der Waals surface area (Å²) < 4.78 is 0. The molecule has 0 radical (unpaired) electrons. The maximum atomic E-state index is 12.3. The first-order valence-electron chi connectivity index (χ1n) is 7.24. The van der Waals surface area contributed by atoms with Crippen LogP contribution in [0.2, 0.25) is 0 Å². The highest BCUT2D eigenvalue weighted by molar-refractivity contribution is 5.94. The van der Waals surface area contributed by atoms with Crippen LogP contribution in [0.4, 0.5) is 5.69 Å². The SMILES string of the molecule is CN(C(=O)CN1CCCC(C)(O)CC1)c1ccccc1. The van der Waals surface area contributed by atoms with E-state index in [1.165, 1.54) is 0 Å². The predicted octanol–water partition coefficient (Wildman–Crippen LogP) is 1.89. The number of anilines is 1. The highest BCUT2D eigenvalue weighted by atomic mass is 16.3. The molecule has 0 spiro atoms. The second kappa shape index (κ2) is 6.37. The Morgan fingerprint density at radius 2 is 2.00 bits per heavy atom. The molecule has 1 aromatic rings. The second-order valence-electron chi connectivity index (χ2n) is 5.91. The van der Waals surface area contributed by atoms with Crippen molar-refractivity contribution in [2.24, 2.45) is 0 Å². The van der Waals surface area contributed by atoms with Gasteiger partial charge in [-0.15, -0.1) is 0 Å². The van der Waals surface area contributed by atoms with Gasteiger partial charge in [0, 0.05) is 19.3 Å². The van der Waals surface area contributed by atoms with Crippen LogP contribution in [0.5, 0.6) is 0 Å². The van der Waals surface area contributed by atoms with Gasteiger partial charge in [0.2, 0.25) is 5.91 Å². The Kier molecular flexibility index (Phi) is 4.78. The number of amides is 1. The maximum absolute atomic E-state index is 12.3. The van der Waals surface area contributed by atoms with Crippen molar-refractivity contribution >= 4 is 11.6 Å². The van der Waals surface area contributed by atoms with E-state index in [1.54, 1.807) is 4.90 Å². The normalized spacial score (nSPS) is 24.1. The first-order chi connectivity index (χ1) is 9.48. The topological polar surface area (TPSA) is 43.8 Å². The second-order valence-corrected chi connectivity index (χ2v) is 5.91. The summed E-state index contributed by atoms with van der Waals surface area (Å²) in [7, 11) is 1.81. The van der Waals surface area contributed by atoms with Gasteiger partial charge in [0.25, 0.3) is 0 Å². The van der Waals surface area contributed by atoms with E-state index in [2.05, 4.69) is 4.90 Å². The van der Waals surface area contributed by atoms with Crippen LogP contribution in [-0.4, -0.2) is 48.2 Å². The average molecular weight is 276 g/mol. The summed E-state index contributed by atoms with van der Waals surface area (Å²) in [5, 5.41) is 10.1. The predicted molar refractivity (Wildman–Crippen MR) is 80.8 cm³/mol. The van der Waals surface area contributed by atoms with Crippen LogP contribution < -0.4 is 4.90 Å². The van der Waals surface area contributed by atoms with E-state index in [-0.39, 0.29) is 5.91 Å². The third-order valence-electron chi connectivity index (χ3n) is 4.03. The highest BCUT2D eigenvalue weighted by Gasteiger charge is 2.26. The van der Waals surface area contributed by atoms with E-state index < -0.39 is 5.60 Å². The summed E-state index contributed by atoms with van der Waals surface area (Å²) in [6.45, 7) is 3.96. The van der Waals surface area contributed by atoms with Crippen molar-refractivity contribution in [1.29, 1.82) is 0 Å². The molecular weight excluding hydrogens is 252 g/mol. The lowest BCUT2D eigenvalue weighted by atomic mass is 9.98. The Labute approximate surface area is 121 Å². The summed E-state index contributed by atoms with van der Waals surface area (Å²) in [6, 6.07) is 9.68. The molecule has 1 amide bonds. The van der Waals surface area contributed by atoms with E-state index in [0.717, 1.165) is 38.0 Å². The van der Waals surface area contributed by atoms with Crippen molar-refractivity contribution in [3.63, 3.8) is 0 Å². The molecule has 0 aliphatic carbocycles. The number of carbonyl (C=O) groups is 1. The van der Waals surface area contributed by atoms with E-state index in [4.69, 9.17) is 0 Å². The van der Waals surface area contributed by atoms with Gasteiger partial charge in [-0.3, -0.25) is 9.69 Å². The number of benzene rings is 1. The average Bonchev–Trinajstić information content (AvgIpc) is 2.60. The van der Waals surface area contributed by atoms with E-state index >= 15 is 0 Å². The monoisotopic (exact) mass is 276 g/mol. The summed E-state index contributed by atoms with van der Waals surface area (Å²) in [6.07, 6.45) is 2.48. The van der Waals surface area contributed by atoms with E-state index in [1.807, 2.05) is 44.3 Å². The Bertz CT molecular complexity index is 445. The Balaban J connectivity index is 1.91. The molecule has 1 atom stereocenters. The zero-order valence-corrected chi connectivity index (χ0v) is 12.4. The number of likely N-dealkylation sites (tertiary alicyclic amines) is 1. The van der Waals surface area contributed by atoms with Crippen LogP contribution in [0, 0.1) is 0 Å². The molecule has 0 saturated carbocycles. The van der Waals surface area contributed by atoms with Crippen LogP contribution in [0.25, 0.3) is 0 Å². The molecule has 4 heteroatoms. The largest absolute Gasteiger partial charge is 0.390 e. The smallest absolute Gasteiger partial charge is 0.240 e. The van der Waals surface area contributed by atoms with Crippen LogP contribution >= 0.6 is 0 Å². The van der Waals surface area contributed by atoms with Crippen molar-refractivity contribution in [1.82, 2.24) is 4.90 Å². The lowest BCUT2D eigenvalue weighted by Gasteiger charge is -2.24. The molecule has 2 rings (SSSR count). The lowest BCUT2D eigenvalue weighted by molar-refractivity contribution is -0.119. The maximum Gasteiger partial charge on any atom is 0.240 e. The molecule has 1 aliphatic heterocycles. The molecule has 1 saturated heterocycles. The highest BCUT2D eigenvalue weighted by Crippen LogP contribution is 2.21. The molecule has 0 aromatic heterocycles. The Morgan fingerprint density at radius 3 is 2.70 bits per heavy atom. The Hall–Kier alpha value is -1.39. The van der Waals surface area contributed by atoms with Crippen molar-refractivity contribution < 1.29 is 9.90 Å². The molecule has 1 heterocycles. The van der Waals surface area contributed by atoms with Crippen molar-refractivity contribution in [2.75, 3.05) is 31.6 Å². The number of hydrogen-bond donors (Lipinski definition) is 1. The van der Waals surface area contributed by atoms with Gasteiger partial charge in [-0.2, -0.15) is 0 Å². The summed E-state index contributed by atoms with van der Waals surface area (Å²) in [5.41, 5.74) is 0.336. The fourth-order valence-electron chi connectivity index (χ4n) is 2.57. The number of carbonyl (C=O) groups excluding carboxylic acids is 1. The van der Waals surface area contributed by atoms with Crippen molar-refractivity contribution in [3.8, 4) is 0 Å². The third-order valence-corrected chi connectivity index (χ3v) is 4.03. The summed E-state index contributed by atoms with van der Waals surface area (Å²) >= 11 is 0. The first kappa shape index (κ1) is 15.0. The Morgan fingerprint density at radius 1 is 1.30 bits per heavy atom. The van der Waals surface area contributed by atoms with Crippen LogP contribution in [0.3, 0.4) is 0 Å². The molecule has 1 N–H and O–H groups in total. The minimum atomic E-state index is -0.580. The fourth-order valence-corrected chi connectivity index (χ4v) is 2.57. The van der Waals surface area contributed by atoms with Crippen LogP contribution in [0.1, 0.15) is 26.2 Å². The first-order valence-corrected chi connectivity index (χ1v) is 7.24. The number of hydrogen-bond acceptors (Lipinski definition) is 3. The number of nitrogens with zero attached hydrogens (tertiary/aromatic N) is 2.